The van der Waals surface area contributed by atoms with E-state index in [9.17, 15) is 0 Å². The van der Waals surface area contributed by atoms with Gasteiger partial charge in [-0.25, -0.2) is 0 Å². The third-order valence-electron chi connectivity index (χ3n) is 4.53. The molecule has 0 saturated carbocycles. The van der Waals surface area contributed by atoms with Crippen molar-refractivity contribution >= 4 is 22.5 Å². The van der Waals surface area contributed by atoms with E-state index < -0.39 is 0 Å². The van der Waals surface area contributed by atoms with Gasteiger partial charge in [0.15, 0.2) is 0 Å². The molecule has 0 radical (unpaired) electrons. The first-order valence-electron chi connectivity index (χ1n) is 8.10. The SMILES string of the molecule is Cn1c(-c2cccc(Cl)c2)c(Cc2ccccc2)c2ccccc21. The molecule has 4 rings (SSSR count). The average Bonchev–Trinajstić information content (AvgIpc) is 2.89. The van der Waals surface area contributed by atoms with Gasteiger partial charge in [0.2, 0.25) is 0 Å². The summed E-state index contributed by atoms with van der Waals surface area (Å²) in [5, 5.41) is 2.07. The van der Waals surface area contributed by atoms with Gasteiger partial charge in [0, 0.05) is 29.4 Å². The number of para-hydroxylation sites is 1. The van der Waals surface area contributed by atoms with Gasteiger partial charge in [-0.3, -0.25) is 0 Å². The zero-order chi connectivity index (χ0) is 16.5. The molecule has 0 fully saturated rings. The summed E-state index contributed by atoms with van der Waals surface area (Å²) < 4.78 is 2.28. The van der Waals surface area contributed by atoms with Crippen LogP contribution < -0.4 is 0 Å². The van der Waals surface area contributed by atoms with E-state index in [0.717, 1.165) is 17.0 Å². The van der Waals surface area contributed by atoms with Gasteiger partial charge in [-0.05, 0) is 34.9 Å². The molecule has 1 aromatic heterocycles. The Kier molecular flexibility index (Phi) is 3.87. The Morgan fingerprint density at radius 3 is 2.38 bits per heavy atom. The maximum absolute atomic E-state index is 6.25. The molecule has 118 valence electrons. The van der Waals surface area contributed by atoms with E-state index in [1.807, 2.05) is 18.2 Å². The van der Waals surface area contributed by atoms with E-state index in [1.165, 1.54) is 27.7 Å². The fourth-order valence-electron chi connectivity index (χ4n) is 3.45. The molecule has 0 aliphatic carbocycles. The van der Waals surface area contributed by atoms with E-state index in [2.05, 4.69) is 72.3 Å². The molecular weight excluding hydrogens is 314 g/mol. The second kappa shape index (κ2) is 6.18. The van der Waals surface area contributed by atoms with Gasteiger partial charge in [-0.1, -0.05) is 72.3 Å². The van der Waals surface area contributed by atoms with Gasteiger partial charge in [0.1, 0.15) is 0 Å². The van der Waals surface area contributed by atoms with Crippen molar-refractivity contribution in [3.8, 4) is 11.3 Å². The predicted octanol–water partition coefficient (Wildman–Crippen LogP) is 6.09. The first-order chi connectivity index (χ1) is 11.7. The predicted molar refractivity (Wildman–Crippen MR) is 103 cm³/mol. The highest BCUT2D eigenvalue weighted by Crippen LogP contribution is 2.35. The van der Waals surface area contributed by atoms with Crippen LogP contribution in [0.1, 0.15) is 11.1 Å². The standard InChI is InChI=1S/C22H18ClN/c1-24-21-13-6-5-12-19(21)20(14-16-8-3-2-4-9-16)22(24)17-10-7-11-18(23)15-17/h2-13,15H,14H2,1H3. The van der Waals surface area contributed by atoms with Crippen molar-refractivity contribution in [3.05, 3.63) is 95.0 Å². The molecule has 0 aliphatic heterocycles. The van der Waals surface area contributed by atoms with Crippen molar-refractivity contribution < 1.29 is 0 Å². The van der Waals surface area contributed by atoms with Crippen LogP contribution >= 0.6 is 11.6 Å². The van der Waals surface area contributed by atoms with Crippen LogP contribution in [0.2, 0.25) is 5.02 Å². The number of aromatic nitrogens is 1. The quantitative estimate of drug-likeness (QED) is 0.428. The molecule has 0 bridgehead atoms. The molecule has 0 saturated heterocycles. The van der Waals surface area contributed by atoms with Crippen molar-refractivity contribution in [1.29, 1.82) is 0 Å². The second-order valence-electron chi connectivity index (χ2n) is 6.08. The lowest BCUT2D eigenvalue weighted by molar-refractivity contribution is 0.968. The molecule has 4 aromatic rings. The summed E-state index contributed by atoms with van der Waals surface area (Å²) in [6, 6.07) is 27.3. The Morgan fingerprint density at radius 1 is 0.833 bits per heavy atom. The number of hydrogen-bond donors (Lipinski definition) is 0. The van der Waals surface area contributed by atoms with Crippen molar-refractivity contribution in [1.82, 2.24) is 4.57 Å². The summed E-state index contributed by atoms with van der Waals surface area (Å²) in [6.07, 6.45) is 0.907. The lowest BCUT2D eigenvalue weighted by atomic mass is 9.98. The molecule has 0 unspecified atom stereocenters. The minimum atomic E-state index is 0.767. The fourth-order valence-corrected chi connectivity index (χ4v) is 3.64. The molecule has 3 aromatic carbocycles. The summed E-state index contributed by atoms with van der Waals surface area (Å²) >= 11 is 6.25. The third kappa shape index (κ3) is 2.61. The van der Waals surface area contributed by atoms with E-state index in [1.54, 1.807) is 0 Å². The van der Waals surface area contributed by atoms with Crippen molar-refractivity contribution in [2.45, 2.75) is 6.42 Å². The number of benzene rings is 3. The molecular formula is C22H18ClN. The first-order valence-corrected chi connectivity index (χ1v) is 8.48. The molecule has 0 aliphatic rings. The van der Waals surface area contributed by atoms with Crippen LogP contribution in [0, 0.1) is 0 Å². The summed E-state index contributed by atoms with van der Waals surface area (Å²) in [7, 11) is 2.13. The largest absolute Gasteiger partial charge is 0.343 e. The van der Waals surface area contributed by atoms with Crippen LogP contribution in [0.4, 0.5) is 0 Å². The van der Waals surface area contributed by atoms with Gasteiger partial charge in [-0.15, -0.1) is 0 Å². The highest BCUT2D eigenvalue weighted by molar-refractivity contribution is 6.30. The topological polar surface area (TPSA) is 4.93 Å². The Labute approximate surface area is 147 Å². The number of nitrogens with zero attached hydrogens (tertiary/aromatic N) is 1. The molecule has 1 heterocycles. The lowest BCUT2D eigenvalue weighted by Gasteiger charge is -2.09. The van der Waals surface area contributed by atoms with E-state index in [4.69, 9.17) is 11.6 Å². The van der Waals surface area contributed by atoms with Crippen LogP contribution in [0.25, 0.3) is 22.2 Å². The number of fused-ring (bicyclic) bond motifs is 1. The van der Waals surface area contributed by atoms with Gasteiger partial charge in [0.25, 0.3) is 0 Å². The minimum absolute atomic E-state index is 0.767. The third-order valence-corrected chi connectivity index (χ3v) is 4.77. The molecule has 0 atom stereocenters. The highest BCUT2D eigenvalue weighted by atomic mass is 35.5. The smallest absolute Gasteiger partial charge is 0.0525 e. The van der Waals surface area contributed by atoms with Crippen LogP contribution in [-0.2, 0) is 13.5 Å². The van der Waals surface area contributed by atoms with Crippen molar-refractivity contribution in [2.75, 3.05) is 0 Å². The maximum Gasteiger partial charge on any atom is 0.0525 e. The summed E-state index contributed by atoms with van der Waals surface area (Å²) in [4.78, 5) is 0. The Hall–Kier alpha value is -2.51. The number of halogens is 1. The van der Waals surface area contributed by atoms with E-state index in [-0.39, 0.29) is 0 Å². The lowest BCUT2D eigenvalue weighted by Crippen LogP contribution is -1.95. The van der Waals surface area contributed by atoms with E-state index in [0.29, 0.717) is 0 Å². The number of rotatable bonds is 3. The molecule has 1 nitrogen and oxygen atoms in total. The monoisotopic (exact) mass is 331 g/mol. The Bertz CT molecular complexity index is 999. The molecule has 0 amide bonds. The minimum Gasteiger partial charge on any atom is -0.343 e. The van der Waals surface area contributed by atoms with Crippen molar-refractivity contribution in [2.24, 2.45) is 7.05 Å². The Morgan fingerprint density at radius 2 is 1.58 bits per heavy atom. The summed E-state index contributed by atoms with van der Waals surface area (Å²) in [5.74, 6) is 0. The average molecular weight is 332 g/mol. The van der Waals surface area contributed by atoms with Crippen LogP contribution in [0.15, 0.2) is 78.9 Å². The molecule has 0 N–H and O–H groups in total. The van der Waals surface area contributed by atoms with Gasteiger partial charge in [0.05, 0.1) is 5.69 Å². The van der Waals surface area contributed by atoms with Gasteiger partial charge in [-0.2, -0.15) is 0 Å². The van der Waals surface area contributed by atoms with E-state index >= 15 is 0 Å². The Balaban J connectivity index is 1.98. The van der Waals surface area contributed by atoms with Crippen LogP contribution in [0.3, 0.4) is 0 Å². The van der Waals surface area contributed by atoms with Gasteiger partial charge >= 0.3 is 0 Å². The first kappa shape index (κ1) is 15.0. The zero-order valence-electron chi connectivity index (χ0n) is 13.5. The van der Waals surface area contributed by atoms with Crippen LogP contribution in [-0.4, -0.2) is 4.57 Å². The van der Waals surface area contributed by atoms with Gasteiger partial charge < -0.3 is 4.57 Å². The molecule has 2 heteroatoms. The maximum atomic E-state index is 6.25. The number of hydrogen-bond acceptors (Lipinski definition) is 0. The second-order valence-corrected chi connectivity index (χ2v) is 6.51. The number of aryl methyl sites for hydroxylation is 1. The molecule has 24 heavy (non-hydrogen) atoms. The fraction of sp³-hybridized carbons (Fsp3) is 0.0909. The highest BCUT2D eigenvalue weighted by Gasteiger charge is 2.16. The summed E-state index contributed by atoms with van der Waals surface area (Å²) in [5.41, 5.74) is 6.31. The summed E-state index contributed by atoms with van der Waals surface area (Å²) in [6.45, 7) is 0. The normalized spacial score (nSPS) is 11.1. The molecule has 0 spiro atoms. The zero-order valence-corrected chi connectivity index (χ0v) is 14.3. The van der Waals surface area contributed by atoms with Crippen molar-refractivity contribution in [3.63, 3.8) is 0 Å². The van der Waals surface area contributed by atoms with Crippen LogP contribution in [0.5, 0.6) is 0 Å².